The molecule has 1 aromatic carbocycles. The molecule has 3 fully saturated rings. The van der Waals surface area contributed by atoms with Crippen molar-refractivity contribution < 1.29 is 33.8 Å². The molecule has 4 N–H and O–H groups in total. The van der Waals surface area contributed by atoms with Crippen molar-refractivity contribution in [2.24, 2.45) is 0 Å². The topological polar surface area (TPSA) is 221 Å². The number of amides is 5. The van der Waals surface area contributed by atoms with Crippen LogP contribution in [-0.4, -0.2) is 137 Å². The van der Waals surface area contributed by atoms with Gasteiger partial charge < -0.3 is 35.2 Å². The average molecular weight is 678 g/mol. The molecule has 5 amide bonds. The van der Waals surface area contributed by atoms with Crippen LogP contribution >= 0.6 is 0 Å². The van der Waals surface area contributed by atoms with Crippen molar-refractivity contribution in [2.45, 2.75) is 63.1 Å². The molecule has 2 atom stereocenters. The SMILES string of the molecule is O=C(NC(CCc1nn[nH]n1)C(=O)N1CCN(C(=O)O)CC1)c1cc(OCC(=O)N2CCCC2C(=O)NC2CCC2)n(-c2ccccc2)n1. The largest absolute Gasteiger partial charge is 0.467 e. The number of carbonyl (C=O) groups is 5. The van der Waals surface area contributed by atoms with Crippen LogP contribution in [0.1, 0.15) is 54.8 Å². The summed E-state index contributed by atoms with van der Waals surface area (Å²) in [5.74, 6) is -1.05. The Morgan fingerprint density at radius 3 is 2.41 bits per heavy atom. The highest BCUT2D eigenvalue weighted by atomic mass is 16.5. The summed E-state index contributed by atoms with van der Waals surface area (Å²) in [6.45, 7) is 0.721. The zero-order valence-electron chi connectivity index (χ0n) is 26.9. The summed E-state index contributed by atoms with van der Waals surface area (Å²) in [6, 6.07) is 8.94. The third-order valence-electron chi connectivity index (χ3n) is 9.09. The second-order valence-electron chi connectivity index (χ2n) is 12.3. The molecule has 18 heteroatoms. The van der Waals surface area contributed by atoms with Crippen molar-refractivity contribution in [3.63, 3.8) is 0 Å². The van der Waals surface area contributed by atoms with Crippen molar-refractivity contribution in [3.05, 3.63) is 47.9 Å². The fourth-order valence-corrected chi connectivity index (χ4v) is 6.13. The van der Waals surface area contributed by atoms with Crippen LogP contribution in [0.25, 0.3) is 5.69 Å². The van der Waals surface area contributed by atoms with Crippen LogP contribution < -0.4 is 15.4 Å². The van der Waals surface area contributed by atoms with Gasteiger partial charge in [0.15, 0.2) is 18.1 Å². The number of likely N-dealkylation sites (tertiary alicyclic amines) is 1. The second kappa shape index (κ2) is 15.1. The van der Waals surface area contributed by atoms with Crippen molar-refractivity contribution in [1.82, 2.24) is 55.7 Å². The smallest absolute Gasteiger partial charge is 0.407 e. The van der Waals surface area contributed by atoms with E-state index < -0.39 is 24.1 Å². The van der Waals surface area contributed by atoms with Gasteiger partial charge in [-0.15, -0.1) is 10.2 Å². The number of carboxylic acid groups (broad SMARTS) is 1. The van der Waals surface area contributed by atoms with E-state index in [-0.39, 0.29) is 81.0 Å². The Morgan fingerprint density at radius 2 is 1.73 bits per heavy atom. The predicted molar refractivity (Wildman–Crippen MR) is 170 cm³/mol. The molecule has 0 spiro atoms. The zero-order chi connectivity index (χ0) is 34.3. The van der Waals surface area contributed by atoms with Gasteiger partial charge in [-0.3, -0.25) is 19.2 Å². The van der Waals surface area contributed by atoms with E-state index in [2.05, 4.69) is 36.4 Å². The van der Waals surface area contributed by atoms with Crippen LogP contribution in [0.5, 0.6) is 5.88 Å². The molecule has 3 aliphatic rings. The number of nitrogens with one attached hydrogen (secondary N) is 3. The van der Waals surface area contributed by atoms with Crippen LogP contribution in [0.3, 0.4) is 0 Å². The number of hydrogen-bond acceptors (Lipinski definition) is 10. The lowest BCUT2D eigenvalue weighted by Gasteiger charge is -2.35. The number of aromatic nitrogens is 6. The van der Waals surface area contributed by atoms with Crippen molar-refractivity contribution >= 4 is 29.7 Å². The molecule has 0 bridgehead atoms. The van der Waals surface area contributed by atoms with Gasteiger partial charge in [0.1, 0.15) is 12.1 Å². The molecule has 1 saturated carbocycles. The number of nitrogens with zero attached hydrogens (tertiary/aromatic N) is 8. The molecule has 49 heavy (non-hydrogen) atoms. The number of tetrazole rings is 1. The van der Waals surface area contributed by atoms with Crippen molar-refractivity contribution in [3.8, 4) is 11.6 Å². The third kappa shape index (κ3) is 7.95. The number of hydrogen-bond donors (Lipinski definition) is 4. The van der Waals surface area contributed by atoms with Crippen molar-refractivity contribution in [2.75, 3.05) is 39.3 Å². The van der Waals surface area contributed by atoms with E-state index in [1.807, 2.05) is 6.07 Å². The molecule has 4 heterocycles. The second-order valence-corrected chi connectivity index (χ2v) is 12.3. The number of rotatable bonds is 12. The Labute approximate surface area is 281 Å². The Balaban J connectivity index is 1.16. The van der Waals surface area contributed by atoms with Crippen molar-refractivity contribution in [1.29, 1.82) is 0 Å². The Kier molecular flexibility index (Phi) is 10.3. The van der Waals surface area contributed by atoms with Crippen LogP contribution in [0.4, 0.5) is 4.79 Å². The quantitative estimate of drug-likeness (QED) is 0.199. The molecule has 0 radical (unpaired) electrons. The molecular formula is C31H39N11O7. The summed E-state index contributed by atoms with van der Waals surface area (Å²) in [7, 11) is 0. The third-order valence-corrected chi connectivity index (χ3v) is 9.09. The first-order valence-electron chi connectivity index (χ1n) is 16.4. The molecule has 6 rings (SSSR count). The molecule has 2 saturated heterocycles. The number of piperazine rings is 1. The van der Waals surface area contributed by atoms with Gasteiger partial charge in [0, 0.05) is 51.3 Å². The zero-order valence-corrected chi connectivity index (χ0v) is 26.9. The van der Waals surface area contributed by atoms with Gasteiger partial charge in [-0.25, -0.2) is 9.48 Å². The summed E-state index contributed by atoms with van der Waals surface area (Å²) in [5, 5.41) is 33.3. The van der Waals surface area contributed by atoms with E-state index in [1.54, 1.807) is 29.2 Å². The molecule has 2 aromatic heterocycles. The van der Waals surface area contributed by atoms with Crippen LogP contribution in [0.2, 0.25) is 0 Å². The lowest BCUT2D eigenvalue weighted by atomic mass is 9.93. The first-order valence-corrected chi connectivity index (χ1v) is 16.4. The maximum atomic E-state index is 13.7. The molecule has 2 unspecified atom stereocenters. The van der Waals surface area contributed by atoms with Gasteiger partial charge in [0.05, 0.1) is 5.69 Å². The summed E-state index contributed by atoms with van der Waals surface area (Å²) in [5.41, 5.74) is 0.516. The van der Waals surface area contributed by atoms with E-state index in [4.69, 9.17) is 4.74 Å². The highest BCUT2D eigenvalue weighted by molar-refractivity contribution is 5.96. The fourth-order valence-electron chi connectivity index (χ4n) is 6.13. The number of benzene rings is 1. The number of aromatic amines is 1. The minimum Gasteiger partial charge on any atom is -0.467 e. The number of aryl methyl sites for hydroxylation is 1. The van der Waals surface area contributed by atoms with Gasteiger partial charge in [0.25, 0.3) is 11.8 Å². The van der Waals surface area contributed by atoms with Gasteiger partial charge in [-0.05, 0) is 50.7 Å². The summed E-state index contributed by atoms with van der Waals surface area (Å²) >= 11 is 0. The van der Waals surface area contributed by atoms with Crippen LogP contribution in [-0.2, 0) is 20.8 Å². The lowest BCUT2D eigenvalue weighted by Crippen LogP contribution is -2.55. The highest BCUT2D eigenvalue weighted by Crippen LogP contribution is 2.24. The molecule has 3 aromatic rings. The minimum absolute atomic E-state index is 0.0571. The number of para-hydroxylation sites is 1. The van der Waals surface area contributed by atoms with E-state index >= 15 is 0 Å². The van der Waals surface area contributed by atoms with Gasteiger partial charge in [0.2, 0.25) is 17.7 Å². The Bertz CT molecular complexity index is 1640. The van der Waals surface area contributed by atoms with E-state index in [9.17, 15) is 29.1 Å². The maximum absolute atomic E-state index is 13.7. The minimum atomic E-state index is -1.06. The normalized spacial score (nSPS) is 18.4. The number of ether oxygens (including phenoxy) is 1. The summed E-state index contributed by atoms with van der Waals surface area (Å²) in [4.78, 5) is 69.1. The summed E-state index contributed by atoms with van der Waals surface area (Å²) in [6.07, 6.45) is 3.60. The average Bonchev–Trinajstić information content (AvgIpc) is 3.89. The monoisotopic (exact) mass is 677 g/mol. The van der Waals surface area contributed by atoms with Gasteiger partial charge in [-0.1, -0.05) is 23.4 Å². The van der Waals surface area contributed by atoms with Gasteiger partial charge in [-0.2, -0.15) is 10.3 Å². The van der Waals surface area contributed by atoms with Gasteiger partial charge >= 0.3 is 6.09 Å². The standard InChI is InChI=1S/C31H39N11O7/c43-26(41-13-5-10-24(41)29(45)32-20-6-4-7-20)19-49-27-18-23(36-42(27)21-8-2-1-3-9-21)28(44)33-22(11-12-25-34-37-38-35-25)30(46)39-14-16-40(17-15-39)31(47)48/h1-3,8-9,18,20,22,24H,4-7,10-17,19H2,(H,32,45)(H,33,44)(H,47,48)(H,34,35,37,38). The Morgan fingerprint density at radius 1 is 0.980 bits per heavy atom. The maximum Gasteiger partial charge on any atom is 0.407 e. The summed E-state index contributed by atoms with van der Waals surface area (Å²) < 4.78 is 7.35. The van der Waals surface area contributed by atoms with E-state index in [0.29, 0.717) is 30.9 Å². The Hall–Kier alpha value is -5.55. The van der Waals surface area contributed by atoms with Crippen LogP contribution in [0.15, 0.2) is 36.4 Å². The van der Waals surface area contributed by atoms with E-state index in [0.717, 1.165) is 19.3 Å². The van der Waals surface area contributed by atoms with Crippen LogP contribution in [0, 0.1) is 0 Å². The number of carbonyl (C=O) groups excluding carboxylic acids is 4. The lowest BCUT2D eigenvalue weighted by molar-refractivity contribution is -0.140. The first-order chi connectivity index (χ1) is 23.8. The molecule has 260 valence electrons. The molecule has 1 aliphatic carbocycles. The molecule has 18 nitrogen and oxygen atoms in total. The molecular weight excluding hydrogens is 638 g/mol. The molecule has 2 aliphatic heterocycles. The predicted octanol–water partition coefficient (Wildman–Crippen LogP) is -0.0227. The first kappa shape index (κ1) is 33.4. The highest BCUT2D eigenvalue weighted by Gasteiger charge is 2.36. The number of H-pyrrole nitrogens is 1. The van der Waals surface area contributed by atoms with E-state index in [1.165, 1.54) is 20.5 Å². The fraction of sp³-hybridized carbons (Fsp3) is 0.516.